The molecule has 1 aromatic heterocycles. The SMILES string of the molecule is Cl.NC(=NCCCCc1ccc(OCCC(=O)O)cc1)NC(=O)c1nc(Cl)c(N)nc1N. The van der Waals surface area contributed by atoms with Gasteiger partial charge in [-0.05, 0) is 37.0 Å². The third-order valence-corrected chi connectivity index (χ3v) is 4.30. The van der Waals surface area contributed by atoms with E-state index < -0.39 is 11.9 Å². The van der Waals surface area contributed by atoms with Crippen LogP contribution in [-0.4, -0.2) is 46.1 Å². The number of rotatable bonds is 10. The van der Waals surface area contributed by atoms with Crippen LogP contribution >= 0.6 is 24.0 Å². The van der Waals surface area contributed by atoms with Crippen LogP contribution in [0.2, 0.25) is 5.15 Å². The number of carbonyl (C=O) groups is 2. The molecule has 32 heavy (non-hydrogen) atoms. The Morgan fingerprint density at radius 2 is 1.81 bits per heavy atom. The Bertz CT molecular complexity index is 955. The zero-order valence-corrected chi connectivity index (χ0v) is 18.7. The minimum Gasteiger partial charge on any atom is -0.493 e. The van der Waals surface area contributed by atoms with Gasteiger partial charge in [0, 0.05) is 6.54 Å². The number of hydrogen-bond donors (Lipinski definition) is 5. The summed E-state index contributed by atoms with van der Waals surface area (Å²) in [5.41, 5.74) is 17.7. The lowest BCUT2D eigenvalue weighted by Crippen LogP contribution is -2.38. The molecular weight excluding hydrogens is 461 g/mol. The summed E-state index contributed by atoms with van der Waals surface area (Å²) < 4.78 is 5.35. The first-order valence-electron chi connectivity index (χ1n) is 9.39. The van der Waals surface area contributed by atoms with Crippen molar-refractivity contribution >= 4 is 53.5 Å². The average molecular weight is 486 g/mol. The topological polar surface area (TPSA) is 192 Å². The number of nitrogens with two attached hydrogens (primary N) is 3. The number of nitrogens with one attached hydrogen (secondary N) is 1. The van der Waals surface area contributed by atoms with Gasteiger partial charge in [0.2, 0.25) is 0 Å². The molecule has 0 aliphatic heterocycles. The molecule has 11 nitrogen and oxygen atoms in total. The van der Waals surface area contributed by atoms with Crippen LogP contribution in [0.1, 0.15) is 35.3 Å². The molecule has 0 atom stereocenters. The summed E-state index contributed by atoms with van der Waals surface area (Å²) in [5, 5.41) is 10.8. The number of benzene rings is 1. The number of anilines is 2. The van der Waals surface area contributed by atoms with E-state index in [9.17, 15) is 9.59 Å². The van der Waals surface area contributed by atoms with E-state index in [-0.39, 0.29) is 53.9 Å². The van der Waals surface area contributed by atoms with Crippen molar-refractivity contribution in [2.45, 2.75) is 25.7 Å². The number of aliphatic carboxylic acids is 1. The first kappa shape index (κ1) is 26.7. The minimum absolute atomic E-state index is 0. The maximum absolute atomic E-state index is 12.1. The lowest BCUT2D eigenvalue weighted by Gasteiger charge is -2.07. The summed E-state index contributed by atoms with van der Waals surface area (Å²) >= 11 is 5.75. The number of hydrogen-bond acceptors (Lipinski definition) is 8. The van der Waals surface area contributed by atoms with E-state index in [2.05, 4.69) is 20.3 Å². The Labute approximate surface area is 195 Å². The van der Waals surface area contributed by atoms with E-state index in [1.165, 1.54) is 0 Å². The molecule has 1 amide bonds. The molecule has 174 valence electrons. The summed E-state index contributed by atoms with van der Waals surface area (Å²) in [6.07, 6.45) is 2.40. The number of carboxylic acid groups (broad SMARTS) is 1. The van der Waals surface area contributed by atoms with Gasteiger partial charge in [0.1, 0.15) is 5.75 Å². The predicted octanol–water partition coefficient (Wildman–Crippen LogP) is 1.64. The number of halogens is 2. The van der Waals surface area contributed by atoms with Gasteiger partial charge in [-0.25, -0.2) is 9.97 Å². The molecule has 0 bridgehead atoms. The quantitative estimate of drug-likeness (QED) is 0.189. The molecule has 0 radical (unpaired) electrons. The zero-order valence-electron chi connectivity index (χ0n) is 17.1. The molecule has 8 N–H and O–H groups in total. The highest BCUT2D eigenvalue weighted by Gasteiger charge is 2.16. The summed E-state index contributed by atoms with van der Waals surface area (Å²) in [4.78, 5) is 34.2. The van der Waals surface area contributed by atoms with Crippen LogP contribution in [0.5, 0.6) is 5.75 Å². The van der Waals surface area contributed by atoms with E-state index in [1.54, 1.807) is 12.1 Å². The van der Waals surface area contributed by atoms with Gasteiger partial charge in [-0.1, -0.05) is 23.7 Å². The molecule has 0 aliphatic carbocycles. The molecule has 0 spiro atoms. The fraction of sp³-hybridized carbons (Fsp3) is 0.316. The molecule has 0 saturated carbocycles. The van der Waals surface area contributed by atoms with Crippen molar-refractivity contribution in [3.05, 3.63) is 40.7 Å². The molecule has 0 saturated heterocycles. The molecule has 2 aromatic rings. The van der Waals surface area contributed by atoms with Gasteiger partial charge in [-0.15, -0.1) is 12.4 Å². The largest absolute Gasteiger partial charge is 0.493 e. The Balaban J connectivity index is 0.00000512. The number of aliphatic imine (C=N–C) groups is 1. The smallest absolute Gasteiger partial charge is 0.306 e. The molecule has 1 aromatic carbocycles. The van der Waals surface area contributed by atoms with Crippen LogP contribution in [0, 0.1) is 0 Å². The van der Waals surface area contributed by atoms with Crippen molar-refractivity contribution in [3.63, 3.8) is 0 Å². The van der Waals surface area contributed by atoms with Crippen LogP contribution in [0.15, 0.2) is 29.3 Å². The maximum Gasteiger partial charge on any atom is 0.306 e. The Morgan fingerprint density at radius 3 is 2.47 bits per heavy atom. The monoisotopic (exact) mass is 485 g/mol. The fourth-order valence-electron chi connectivity index (χ4n) is 2.47. The summed E-state index contributed by atoms with van der Waals surface area (Å²) in [7, 11) is 0. The molecule has 2 rings (SSSR count). The summed E-state index contributed by atoms with van der Waals surface area (Å²) in [6, 6.07) is 7.47. The van der Waals surface area contributed by atoms with Crippen LogP contribution in [0.25, 0.3) is 0 Å². The Kier molecular flexibility index (Phi) is 11.0. The van der Waals surface area contributed by atoms with E-state index >= 15 is 0 Å². The van der Waals surface area contributed by atoms with Crippen molar-refractivity contribution in [1.82, 2.24) is 15.3 Å². The number of amides is 1. The van der Waals surface area contributed by atoms with Gasteiger partial charge in [0.15, 0.2) is 28.4 Å². The molecule has 13 heteroatoms. The summed E-state index contributed by atoms with van der Waals surface area (Å²) in [5.74, 6) is -1.25. The highest BCUT2D eigenvalue weighted by molar-refractivity contribution is 6.31. The van der Waals surface area contributed by atoms with Crippen LogP contribution < -0.4 is 27.3 Å². The maximum atomic E-state index is 12.1. The first-order valence-corrected chi connectivity index (χ1v) is 9.77. The lowest BCUT2D eigenvalue weighted by molar-refractivity contribution is -0.137. The third-order valence-electron chi connectivity index (χ3n) is 4.03. The number of guanidine groups is 1. The first-order chi connectivity index (χ1) is 14.8. The number of ether oxygens (including phenoxy) is 1. The second kappa shape index (κ2) is 13.2. The minimum atomic E-state index is -0.896. The van der Waals surface area contributed by atoms with Crippen molar-refractivity contribution in [2.75, 3.05) is 24.6 Å². The lowest BCUT2D eigenvalue weighted by atomic mass is 10.1. The normalized spacial score (nSPS) is 10.8. The van der Waals surface area contributed by atoms with Gasteiger partial charge in [-0.3, -0.25) is 19.9 Å². The van der Waals surface area contributed by atoms with Gasteiger partial charge < -0.3 is 27.0 Å². The number of carboxylic acids is 1. The van der Waals surface area contributed by atoms with E-state index in [0.717, 1.165) is 24.8 Å². The zero-order chi connectivity index (χ0) is 22.8. The standard InChI is InChI=1S/C19H24ClN7O4.ClH/c20-15-17(22)26-16(21)14(25-15)18(30)27-19(23)24-9-2-1-3-11-4-6-12(7-5-11)31-10-8-13(28)29;/h4-7H,1-3,8-10H2,(H,28,29)(H4,21,22,26)(H3,23,24,27,30);1H. The fourth-order valence-corrected chi connectivity index (χ4v) is 2.60. The number of aryl methyl sites for hydroxylation is 1. The van der Waals surface area contributed by atoms with Crippen LogP contribution in [-0.2, 0) is 11.2 Å². The number of nitrogen functional groups attached to an aromatic ring is 2. The van der Waals surface area contributed by atoms with Gasteiger partial charge in [0.25, 0.3) is 5.91 Å². The molecule has 0 unspecified atom stereocenters. The highest BCUT2D eigenvalue weighted by atomic mass is 35.5. The second-order valence-electron chi connectivity index (χ2n) is 6.45. The molecule has 0 aliphatic rings. The predicted molar refractivity (Wildman–Crippen MR) is 124 cm³/mol. The van der Waals surface area contributed by atoms with Crippen molar-refractivity contribution in [1.29, 1.82) is 0 Å². The van der Waals surface area contributed by atoms with Crippen molar-refractivity contribution in [3.8, 4) is 5.75 Å². The Morgan fingerprint density at radius 1 is 1.12 bits per heavy atom. The number of unbranched alkanes of at least 4 members (excludes halogenated alkanes) is 1. The molecular formula is C19H25Cl2N7O4. The van der Waals surface area contributed by atoms with Crippen molar-refractivity contribution < 1.29 is 19.4 Å². The number of aromatic nitrogens is 2. The van der Waals surface area contributed by atoms with E-state index in [4.69, 9.17) is 38.6 Å². The third kappa shape index (κ3) is 8.82. The Hall–Kier alpha value is -3.31. The second-order valence-corrected chi connectivity index (χ2v) is 6.81. The van der Waals surface area contributed by atoms with E-state index in [0.29, 0.717) is 12.3 Å². The van der Waals surface area contributed by atoms with Gasteiger partial charge in [-0.2, -0.15) is 0 Å². The number of nitrogens with zero attached hydrogens (tertiary/aromatic N) is 3. The van der Waals surface area contributed by atoms with Gasteiger partial charge in [0.05, 0.1) is 13.0 Å². The van der Waals surface area contributed by atoms with Crippen LogP contribution in [0.4, 0.5) is 11.6 Å². The summed E-state index contributed by atoms with van der Waals surface area (Å²) in [6.45, 7) is 0.557. The number of carbonyl (C=O) groups excluding carboxylic acids is 1. The molecule has 1 heterocycles. The van der Waals surface area contributed by atoms with Crippen LogP contribution in [0.3, 0.4) is 0 Å². The van der Waals surface area contributed by atoms with Crippen molar-refractivity contribution in [2.24, 2.45) is 10.7 Å². The van der Waals surface area contributed by atoms with Gasteiger partial charge >= 0.3 is 5.97 Å². The highest BCUT2D eigenvalue weighted by Crippen LogP contribution is 2.17. The van der Waals surface area contributed by atoms with E-state index in [1.807, 2.05) is 12.1 Å². The average Bonchev–Trinajstić information content (AvgIpc) is 2.71. The molecule has 0 fully saturated rings.